The van der Waals surface area contributed by atoms with Gasteiger partial charge in [-0.05, 0) is 31.4 Å². The molecule has 3 rings (SSSR count). The Morgan fingerprint density at radius 3 is 2.83 bits per heavy atom. The lowest BCUT2D eigenvalue weighted by atomic mass is 10.1. The second-order valence-corrected chi connectivity index (χ2v) is 6.16. The quantitative estimate of drug-likeness (QED) is 0.635. The van der Waals surface area contributed by atoms with Gasteiger partial charge < -0.3 is 15.5 Å². The largest absolute Gasteiger partial charge is 0.381 e. The van der Waals surface area contributed by atoms with Crippen LogP contribution in [0.3, 0.4) is 0 Å². The number of nitro benzene ring substituents is 1. The van der Waals surface area contributed by atoms with Crippen LogP contribution in [0.15, 0.2) is 24.3 Å². The molecule has 1 unspecified atom stereocenters. The number of hydrogen-bond donors (Lipinski definition) is 2. The van der Waals surface area contributed by atoms with Crippen LogP contribution in [0, 0.1) is 21.4 Å². The fraction of sp³-hybridized carbons (Fsp3) is 0.500. The molecule has 2 heterocycles. The smallest absolute Gasteiger partial charge is 0.269 e. The minimum atomic E-state index is -0.433. The number of amides is 1. The van der Waals surface area contributed by atoms with Gasteiger partial charge in [0.2, 0.25) is 5.91 Å². The van der Waals surface area contributed by atoms with Crippen molar-refractivity contribution >= 4 is 17.3 Å². The van der Waals surface area contributed by atoms with Gasteiger partial charge >= 0.3 is 0 Å². The lowest BCUT2D eigenvalue weighted by Gasteiger charge is -2.23. The maximum Gasteiger partial charge on any atom is 0.269 e. The van der Waals surface area contributed by atoms with Crippen LogP contribution in [0.4, 0.5) is 11.4 Å². The summed E-state index contributed by atoms with van der Waals surface area (Å²) in [5.41, 5.74) is 0.839. The predicted molar refractivity (Wildman–Crippen MR) is 87.3 cm³/mol. The summed E-state index contributed by atoms with van der Waals surface area (Å²) in [6.07, 6.45) is 2.26. The zero-order valence-corrected chi connectivity index (χ0v) is 13.1. The number of non-ortho nitro benzene ring substituents is 1. The van der Waals surface area contributed by atoms with Crippen molar-refractivity contribution in [1.29, 1.82) is 5.26 Å². The number of nitrogens with zero attached hydrogens (tertiary/aromatic N) is 3. The number of benzene rings is 1. The van der Waals surface area contributed by atoms with E-state index in [4.69, 9.17) is 5.26 Å². The van der Waals surface area contributed by atoms with Crippen LogP contribution in [-0.2, 0) is 4.79 Å². The molecule has 2 saturated heterocycles. The molecule has 3 atom stereocenters. The molecule has 8 heteroatoms. The number of nitrogens with one attached hydrogen (secondary N) is 2. The summed E-state index contributed by atoms with van der Waals surface area (Å²) in [6.45, 7) is 1.29. The van der Waals surface area contributed by atoms with Crippen LogP contribution in [0.5, 0.6) is 0 Å². The van der Waals surface area contributed by atoms with E-state index in [-0.39, 0.29) is 29.7 Å². The number of carbonyl (C=O) groups excluding carboxylic acids is 1. The Hall–Kier alpha value is -2.66. The van der Waals surface area contributed by atoms with Crippen molar-refractivity contribution in [2.24, 2.45) is 0 Å². The first kappa shape index (κ1) is 16.2. The molecule has 2 aliphatic rings. The summed E-state index contributed by atoms with van der Waals surface area (Å²) >= 11 is 0. The van der Waals surface area contributed by atoms with Crippen LogP contribution in [0.2, 0.25) is 0 Å². The summed E-state index contributed by atoms with van der Waals surface area (Å²) in [5.74, 6) is -0.00736. The van der Waals surface area contributed by atoms with Gasteiger partial charge in [0.05, 0.1) is 17.0 Å². The molecular weight excluding hydrogens is 310 g/mol. The molecule has 0 aliphatic carbocycles. The molecule has 0 bridgehead atoms. The highest BCUT2D eigenvalue weighted by Crippen LogP contribution is 2.22. The highest BCUT2D eigenvalue weighted by atomic mass is 16.6. The van der Waals surface area contributed by atoms with Crippen LogP contribution in [-0.4, -0.2) is 46.9 Å². The van der Waals surface area contributed by atoms with E-state index in [2.05, 4.69) is 16.7 Å². The first-order valence-corrected chi connectivity index (χ1v) is 8.03. The Balaban J connectivity index is 1.56. The fourth-order valence-electron chi connectivity index (χ4n) is 3.31. The Labute approximate surface area is 139 Å². The molecule has 1 aromatic carbocycles. The second kappa shape index (κ2) is 6.84. The van der Waals surface area contributed by atoms with E-state index in [0.717, 1.165) is 18.5 Å². The van der Waals surface area contributed by atoms with Crippen LogP contribution in [0.1, 0.15) is 19.3 Å². The molecule has 2 fully saturated rings. The topological polar surface area (TPSA) is 111 Å². The van der Waals surface area contributed by atoms with Crippen molar-refractivity contribution < 1.29 is 9.72 Å². The first-order chi connectivity index (χ1) is 11.6. The Morgan fingerprint density at radius 1 is 1.42 bits per heavy atom. The zero-order valence-electron chi connectivity index (χ0n) is 13.1. The molecule has 0 saturated carbocycles. The maximum atomic E-state index is 12.5. The number of carbonyl (C=O) groups is 1. The average Bonchev–Trinajstić information content (AvgIpc) is 3.23. The number of rotatable bonds is 4. The molecule has 126 valence electrons. The lowest BCUT2D eigenvalue weighted by Crippen LogP contribution is -2.45. The van der Waals surface area contributed by atoms with Crippen LogP contribution < -0.4 is 10.6 Å². The highest BCUT2D eigenvalue weighted by Gasteiger charge is 2.36. The molecule has 24 heavy (non-hydrogen) atoms. The van der Waals surface area contributed by atoms with Gasteiger partial charge in [0, 0.05) is 37.0 Å². The van der Waals surface area contributed by atoms with E-state index >= 15 is 0 Å². The van der Waals surface area contributed by atoms with Gasteiger partial charge in [0.25, 0.3) is 5.69 Å². The minimum Gasteiger partial charge on any atom is -0.381 e. The maximum absolute atomic E-state index is 12.5. The number of nitro groups is 1. The van der Waals surface area contributed by atoms with Gasteiger partial charge in [-0.25, -0.2) is 0 Å². The summed E-state index contributed by atoms with van der Waals surface area (Å²) < 4.78 is 0. The normalized spacial score (nSPS) is 26.1. The molecule has 0 spiro atoms. The first-order valence-electron chi connectivity index (χ1n) is 8.03. The number of hydrogen-bond acceptors (Lipinski definition) is 6. The van der Waals surface area contributed by atoms with E-state index in [1.807, 2.05) is 0 Å². The summed E-state index contributed by atoms with van der Waals surface area (Å²) in [7, 11) is 0. The second-order valence-electron chi connectivity index (χ2n) is 6.16. The molecule has 1 amide bonds. The standard InChI is InChI=1S/C16H19N5O3/c17-9-14-2-1-7-20(14)16(22)15-8-12(10-18-15)19-11-3-5-13(6-4-11)21(23)24/h3-6,12,14-15,18-19H,1-2,7-8,10H2/t12-,14?,15-/m0/s1. The third-order valence-electron chi connectivity index (χ3n) is 4.56. The fourth-order valence-corrected chi connectivity index (χ4v) is 3.31. The third-order valence-corrected chi connectivity index (χ3v) is 4.56. The van der Waals surface area contributed by atoms with Crippen molar-refractivity contribution in [3.63, 3.8) is 0 Å². The lowest BCUT2D eigenvalue weighted by molar-refractivity contribution is -0.384. The summed E-state index contributed by atoms with van der Waals surface area (Å²) in [6, 6.07) is 7.91. The highest BCUT2D eigenvalue weighted by molar-refractivity contribution is 5.83. The number of likely N-dealkylation sites (tertiary alicyclic amines) is 1. The van der Waals surface area contributed by atoms with E-state index < -0.39 is 4.92 Å². The molecule has 8 nitrogen and oxygen atoms in total. The molecule has 2 aliphatic heterocycles. The predicted octanol–water partition coefficient (Wildman–Crippen LogP) is 1.25. The van der Waals surface area contributed by atoms with Crippen molar-refractivity contribution in [3.05, 3.63) is 34.4 Å². The minimum absolute atomic E-state index is 0.00736. The Morgan fingerprint density at radius 2 is 2.17 bits per heavy atom. The van der Waals surface area contributed by atoms with Gasteiger partial charge in [-0.1, -0.05) is 0 Å². The Kier molecular flexibility index (Phi) is 4.62. The van der Waals surface area contributed by atoms with E-state index in [1.165, 1.54) is 12.1 Å². The Bertz CT molecular complexity index is 669. The van der Waals surface area contributed by atoms with Crippen LogP contribution in [0.25, 0.3) is 0 Å². The summed E-state index contributed by atoms with van der Waals surface area (Å²) in [4.78, 5) is 24.4. The number of anilines is 1. The van der Waals surface area contributed by atoms with Crippen molar-refractivity contribution in [3.8, 4) is 6.07 Å². The van der Waals surface area contributed by atoms with Crippen molar-refractivity contribution in [2.45, 2.75) is 37.4 Å². The molecule has 0 radical (unpaired) electrons. The van der Waals surface area contributed by atoms with Crippen molar-refractivity contribution in [2.75, 3.05) is 18.4 Å². The van der Waals surface area contributed by atoms with Gasteiger partial charge in [-0.2, -0.15) is 5.26 Å². The monoisotopic (exact) mass is 329 g/mol. The van der Waals surface area contributed by atoms with Gasteiger partial charge in [0.15, 0.2) is 0 Å². The average molecular weight is 329 g/mol. The van der Waals surface area contributed by atoms with Gasteiger partial charge in [-0.15, -0.1) is 0 Å². The summed E-state index contributed by atoms with van der Waals surface area (Å²) in [5, 5.41) is 26.3. The molecular formula is C16H19N5O3. The number of nitriles is 1. The van der Waals surface area contributed by atoms with Crippen LogP contribution >= 0.6 is 0 Å². The van der Waals surface area contributed by atoms with Gasteiger partial charge in [-0.3, -0.25) is 14.9 Å². The molecule has 0 aromatic heterocycles. The molecule has 2 N–H and O–H groups in total. The molecule has 1 aromatic rings. The van der Waals surface area contributed by atoms with Crippen molar-refractivity contribution in [1.82, 2.24) is 10.2 Å². The van der Waals surface area contributed by atoms with E-state index in [0.29, 0.717) is 19.5 Å². The van der Waals surface area contributed by atoms with E-state index in [9.17, 15) is 14.9 Å². The zero-order chi connectivity index (χ0) is 17.1. The van der Waals surface area contributed by atoms with Gasteiger partial charge in [0.1, 0.15) is 6.04 Å². The van der Waals surface area contributed by atoms with E-state index in [1.54, 1.807) is 17.0 Å². The SMILES string of the molecule is N#CC1CCCN1C(=O)[C@@H]1C[C@H](Nc2ccc([N+](=O)[O-])cc2)CN1. The third kappa shape index (κ3) is 3.31.